The van der Waals surface area contributed by atoms with Crippen LogP contribution in [0.3, 0.4) is 0 Å². The van der Waals surface area contributed by atoms with Gasteiger partial charge in [0.05, 0.1) is 11.5 Å². The van der Waals surface area contributed by atoms with Crippen molar-refractivity contribution in [3.63, 3.8) is 0 Å². The maximum absolute atomic E-state index is 11.9. The van der Waals surface area contributed by atoms with Crippen molar-refractivity contribution >= 4 is 17.5 Å². The molecular formula is C14H21ClN2O2. The number of carbonyl (C=O) groups excluding carboxylic acids is 1. The highest BCUT2D eigenvalue weighted by Crippen LogP contribution is 2.19. The van der Waals surface area contributed by atoms with Crippen molar-refractivity contribution < 1.29 is 9.53 Å². The fourth-order valence-electron chi connectivity index (χ4n) is 1.36. The number of hydrogen-bond acceptors (Lipinski definition) is 3. The molecule has 1 heterocycles. The van der Waals surface area contributed by atoms with Gasteiger partial charge in [-0.1, -0.05) is 6.07 Å². The van der Waals surface area contributed by atoms with Crippen LogP contribution >= 0.6 is 11.6 Å². The molecule has 106 valence electrons. The molecule has 0 bridgehead atoms. The second kappa shape index (κ2) is 6.75. The van der Waals surface area contributed by atoms with Crippen molar-refractivity contribution in [1.29, 1.82) is 0 Å². The van der Waals surface area contributed by atoms with Gasteiger partial charge in [0, 0.05) is 24.2 Å². The summed E-state index contributed by atoms with van der Waals surface area (Å²) in [5.41, 5.74) is 0.276. The van der Waals surface area contributed by atoms with Crippen LogP contribution in [0.2, 0.25) is 0 Å². The minimum Gasteiger partial charge on any atom is -0.475 e. The highest BCUT2D eigenvalue weighted by Gasteiger charge is 2.26. The zero-order chi connectivity index (χ0) is 14.5. The molecule has 1 aromatic heterocycles. The Hall–Kier alpha value is -1.29. The summed E-state index contributed by atoms with van der Waals surface area (Å²) >= 11 is 5.77. The van der Waals surface area contributed by atoms with E-state index < -0.39 is 5.41 Å². The molecule has 1 rings (SSSR count). The molecule has 0 aliphatic heterocycles. The number of hydrogen-bond donors (Lipinski definition) is 1. The van der Waals surface area contributed by atoms with Gasteiger partial charge >= 0.3 is 0 Å². The van der Waals surface area contributed by atoms with Gasteiger partial charge in [-0.05, 0) is 33.8 Å². The average Bonchev–Trinajstić information content (AvgIpc) is 2.36. The second-order valence-electron chi connectivity index (χ2n) is 5.33. The summed E-state index contributed by atoms with van der Waals surface area (Å²) in [6.45, 7) is 7.88. The Morgan fingerprint density at radius 2 is 2.21 bits per heavy atom. The lowest BCUT2D eigenvalue weighted by Gasteiger charge is -2.21. The number of ether oxygens (including phenoxy) is 1. The highest BCUT2D eigenvalue weighted by atomic mass is 35.5. The molecule has 0 spiro atoms. The minimum atomic E-state index is -0.581. The fraction of sp³-hybridized carbons (Fsp3) is 0.571. The maximum atomic E-state index is 11.9. The largest absolute Gasteiger partial charge is 0.475 e. The Bertz CT molecular complexity index is 433. The zero-order valence-electron chi connectivity index (χ0n) is 11.9. The van der Waals surface area contributed by atoms with Crippen molar-refractivity contribution in [3.8, 4) is 5.88 Å². The summed E-state index contributed by atoms with van der Waals surface area (Å²) in [5.74, 6) is 0.754. The van der Waals surface area contributed by atoms with Crippen molar-refractivity contribution in [2.45, 2.75) is 40.3 Å². The molecule has 0 atom stereocenters. The predicted molar refractivity (Wildman–Crippen MR) is 76.3 cm³/mol. The molecule has 0 unspecified atom stereocenters. The van der Waals surface area contributed by atoms with Crippen LogP contribution in [0.15, 0.2) is 18.3 Å². The predicted octanol–water partition coefficient (Wildman–Crippen LogP) is 2.75. The van der Waals surface area contributed by atoms with Crippen molar-refractivity contribution in [1.82, 2.24) is 10.3 Å². The Labute approximate surface area is 119 Å². The van der Waals surface area contributed by atoms with Gasteiger partial charge in [-0.25, -0.2) is 4.98 Å². The molecular weight excluding hydrogens is 264 g/mol. The van der Waals surface area contributed by atoms with Crippen LogP contribution in [0, 0.1) is 5.41 Å². The zero-order valence-corrected chi connectivity index (χ0v) is 12.6. The molecule has 0 aromatic carbocycles. The van der Waals surface area contributed by atoms with Crippen molar-refractivity contribution in [2.24, 2.45) is 5.41 Å². The molecule has 0 saturated heterocycles. The Balaban J connectivity index is 2.70. The van der Waals surface area contributed by atoms with E-state index in [1.54, 1.807) is 6.20 Å². The summed E-state index contributed by atoms with van der Waals surface area (Å²) < 4.78 is 5.60. The summed E-state index contributed by atoms with van der Waals surface area (Å²) in [4.78, 5) is 16.1. The molecule has 4 nitrogen and oxygen atoms in total. The van der Waals surface area contributed by atoms with Crippen LogP contribution < -0.4 is 10.1 Å². The first-order valence-electron chi connectivity index (χ1n) is 6.31. The lowest BCUT2D eigenvalue weighted by atomic mass is 9.95. The van der Waals surface area contributed by atoms with E-state index in [2.05, 4.69) is 10.3 Å². The molecule has 0 aliphatic rings. The van der Waals surface area contributed by atoms with Gasteiger partial charge in [0.25, 0.3) is 0 Å². The van der Waals surface area contributed by atoms with Crippen LogP contribution in [0.1, 0.15) is 33.3 Å². The third-order valence-corrected chi connectivity index (χ3v) is 3.25. The summed E-state index contributed by atoms with van der Waals surface area (Å²) in [6.07, 6.45) is 1.72. The van der Waals surface area contributed by atoms with E-state index in [0.717, 1.165) is 5.56 Å². The number of rotatable bonds is 6. The van der Waals surface area contributed by atoms with Gasteiger partial charge in [0.2, 0.25) is 11.8 Å². The molecule has 19 heavy (non-hydrogen) atoms. The number of halogens is 1. The number of alkyl halides is 1. The number of carbonyl (C=O) groups is 1. The van der Waals surface area contributed by atoms with E-state index in [0.29, 0.717) is 12.4 Å². The van der Waals surface area contributed by atoms with Crippen LogP contribution in [-0.4, -0.2) is 22.9 Å². The Morgan fingerprint density at radius 3 is 2.79 bits per heavy atom. The number of nitrogens with one attached hydrogen (secondary N) is 1. The first-order valence-corrected chi connectivity index (χ1v) is 6.85. The molecule has 0 fully saturated rings. The highest BCUT2D eigenvalue weighted by molar-refractivity contribution is 6.19. The van der Waals surface area contributed by atoms with E-state index in [1.807, 2.05) is 39.8 Å². The van der Waals surface area contributed by atoms with Gasteiger partial charge in [0.1, 0.15) is 0 Å². The summed E-state index contributed by atoms with van der Waals surface area (Å²) in [5, 5.41) is 2.86. The van der Waals surface area contributed by atoms with Gasteiger partial charge < -0.3 is 10.1 Å². The Kier molecular flexibility index (Phi) is 5.60. The molecule has 0 aliphatic carbocycles. The van der Waals surface area contributed by atoms with Crippen LogP contribution in [0.25, 0.3) is 0 Å². The first kappa shape index (κ1) is 15.8. The molecule has 5 heteroatoms. The molecule has 0 saturated carbocycles. The number of pyridine rings is 1. The number of aromatic nitrogens is 1. The topological polar surface area (TPSA) is 51.2 Å². The lowest BCUT2D eigenvalue weighted by Crippen LogP contribution is -2.37. The van der Waals surface area contributed by atoms with E-state index >= 15 is 0 Å². The monoisotopic (exact) mass is 284 g/mol. The van der Waals surface area contributed by atoms with Crippen LogP contribution in [-0.2, 0) is 11.3 Å². The fourth-order valence-corrected chi connectivity index (χ4v) is 1.48. The average molecular weight is 285 g/mol. The van der Waals surface area contributed by atoms with E-state index in [9.17, 15) is 4.79 Å². The smallest absolute Gasteiger partial charge is 0.227 e. The number of amides is 1. The maximum Gasteiger partial charge on any atom is 0.227 e. The van der Waals surface area contributed by atoms with Crippen molar-refractivity contribution in [2.75, 3.05) is 5.88 Å². The number of nitrogens with zero attached hydrogens (tertiary/aromatic N) is 1. The first-order chi connectivity index (χ1) is 8.86. The third kappa shape index (κ3) is 4.71. The second-order valence-corrected chi connectivity index (χ2v) is 5.60. The molecule has 0 radical (unpaired) electrons. The van der Waals surface area contributed by atoms with Gasteiger partial charge in [-0.2, -0.15) is 0 Å². The summed E-state index contributed by atoms with van der Waals surface area (Å²) in [6, 6.07) is 3.71. The minimum absolute atomic E-state index is 0.0450. The SMILES string of the molecule is CC(C)Oc1ncccc1CNC(=O)C(C)(C)CCl. The van der Waals surface area contributed by atoms with Crippen LogP contribution in [0.5, 0.6) is 5.88 Å². The standard InChI is InChI=1S/C14H21ClN2O2/c1-10(2)19-12-11(6-5-7-16-12)8-17-13(18)14(3,4)9-15/h5-7,10H,8-9H2,1-4H3,(H,17,18). The summed E-state index contributed by atoms with van der Waals surface area (Å²) in [7, 11) is 0. The van der Waals surface area contributed by atoms with E-state index in [-0.39, 0.29) is 17.9 Å². The van der Waals surface area contributed by atoms with Gasteiger partial charge in [-0.3, -0.25) is 4.79 Å². The van der Waals surface area contributed by atoms with E-state index in [4.69, 9.17) is 16.3 Å². The van der Waals surface area contributed by atoms with Gasteiger partial charge in [0.15, 0.2) is 0 Å². The molecule has 1 N–H and O–H groups in total. The van der Waals surface area contributed by atoms with Crippen LogP contribution in [0.4, 0.5) is 0 Å². The Morgan fingerprint density at radius 1 is 1.53 bits per heavy atom. The third-order valence-electron chi connectivity index (χ3n) is 2.59. The van der Waals surface area contributed by atoms with E-state index in [1.165, 1.54) is 0 Å². The molecule has 1 amide bonds. The van der Waals surface area contributed by atoms with Gasteiger partial charge in [-0.15, -0.1) is 11.6 Å². The molecule has 1 aromatic rings. The normalized spacial score (nSPS) is 11.5. The quantitative estimate of drug-likeness (QED) is 0.817. The lowest BCUT2D eigenvalue weighted by molar-refractivity contribution is -0.128. The van der Waals surface area contributed by atoms with Crippen molar-refractivity contribution in [3.05, 3.63) is 23.9 Å².